The number of hydrogen-bond acceptors (Lipinski definition) is 3. The van der Waals surface area contributed by atoms with Crippen LogP contribution in [0.25, 0.3) is 0 Å². The van der Waals surface area contributed by atoms with E-state index >= 15 is 0 Å². The van der Waals surface area contributed by atoms with Gasteiger partial charge in [-0.05, 0) is 18.3 Å². The van der Waals surface area contributed by atoms with E-state index in [0.717, 1.165) is 19.0 Å². The maximum absolute atomic E-state index is 5.86. The molecule has 0 bridgehead atoms. The van der Waals surface area contributed by atoms with Crippen molar-refractivity contribution in [2.75, 3.05) is 13.1 Å². The number of rotatable bonds is 7. The quantitative estimate of drug-likeness (QED) is 0.413. The molecule has 0 spiro atoms. The molecule has 0 aromatic heterocycles. The first-order valence-corrected chi connectivity index (χ1v) is 5.25. The summed E-state index contributed by atoms with van der Waals surface area (Å²) in [7, 11) is 0. The molecule has 0 aromatic rings. The molecule has 80 valence electrons. The van der Waals surface area contributed by atoms with Crippen LogP contribution in [-0.4, -0.2) is 19.1 Å². The van der Waals surface area contributed by atoms with Gasteiger partial charge in [0.2, 0.25) is 0 Å². The average Bonchev–Trinajstić information content (AvgIpc) is 2.02. The molecule has 3 nitrogen and oxygen atoms in total. The zero-order chi connectivity index (χ0) is 10.3. The number of nitrogens with one attached hydrogen (secondary N) is 2. The van der Waals surface area contributed by atoms with Gasteiger partial charge in [-0.25, -0.2) is 0 Å². The van der Waals surface area contributed by atoms with E-state index in [1.165, 1.54) is 6.42 Å². The summed E-state index contributed by atoms with van der Waals surface area (Å²) in [5.41, 5.74) is 12.2. The molecule has 0 radical (unpaired) electrons. The van der Waals surface area contributed by atoms with Gasteiger partial charge in [-0.2, -0.15) is 0 Å². The predicted molar refractivity (Wildman–Crippen MR) is 58.3 cm³/mol. The van der Waals surface area contributed by atoms with Crippen LogP contribution >= 0.6 is 0 Å². The highest BCUT2D eigenvalue weighted by atomic mass is 15.3. The van der Waals surface area contributed by atoms with Gasteiger partial charge in [-0.1, -0.05) is 27.7 Å². The lowest BCUT2D eigenvalue weighted by atomic mass is 10.1. The van der Waals surface area contributed by atoms with Crippen LogP contribution < -0.4 is 16.6 Å². The van der Waals surface area contributed by atoms with Gasteiger partial charge in [0.05, 0.1) is 0 Å². The van der Waals surface area contributed by atoms with Crippen LogP contribution in [0.2, 0.25) is 0 Å². The zero-order valence-corrected chi connectivity index (χ0v) is 9.43. The number of hydrogen-bond donors (Lipinski definition) is 3. The molecule has 1 atom stereocenters. The highest BCUT2D eigenvalue weighted by Crippen LogP contribution is 1.96. The molecular formula is C10H25N3. The van der Waals surface area contributed by atoms with Crippen molar-refractivity contribution in [1.82, 2.24) is 10.9 Å². The van der Waals surface area contributed by atoms with Crippen molar-refractivity contribution in [3.05, 3.63) is 0 Å². The minimum atomic E-state index is 0.242. The van der Waals surface area contributed by atoms with Gasteiger partial charge in [0.1, 0.15) is 0 Å². The fraction of sp³-hybridized carbons (Fsp3) is 1.00. The normalized spacial score (nSPS) is 14.1. The van der Waals surface area contributed by atoms with Crippen molar-refractivity contribution < 1.29 is 0 Å². The third kappa shape index (κ3) is 8.22. The molecule has 0 rings (SSSR count). The van der Waals surface area contributed by atoms with E-state index in [4.69, 9.17) is 5.73 Å². The number of hydrazine groups is 1. The van der Waals surface area contributed by atoms with Crippen molar-refractivity contribution in [3.63, 3.8) is 0 Å². The van der Waals surface area contributed by atoms with E-state index in [-0.39, 0.29) is 6.04 Å². The summed E-state index contributed by atoms with van der Waals surface area (Å²) in [5, 5.41) is 0. The summed E-state index contributed by atoms with van der Waals surface area (Å²) in [6.07, 6.45) is 1.20. The second-order valence-corrected chi connectivity index (χ2v) is 4.40. The topological polar surface area (TPSA) is 50.1 Å². The van der Waals surface area contributed by atoms with Crippen LogP contribution in [-0.2, 0) is 0 Å². The van der Waals surface area contributed by atoms with E-state index in [0.29, 0.717) is 5.92 Å². The molecule has 0 fully saturated rings. The van der Waals surface area contributed by atoms with Gasteiger partial charge < -0.3 is 5.73 Å². The van der Waals surface area contributed by atoms with Crippen LogP contribution in [0.5, 0.6) is 0 Å². The molecule has 0 aliphatic heterocycles. The van der Waals surface area contributed by atoms with Gasteiger partial charge in [0.25, 0.3) is 0 Å². The SMILES string of the molecule is CC(C)CCNNCC(N)C(C)C. The fourth-order valence-electron chi connectivity index (χ4n) is 0.875. The molecule has 3 heteroatoms. The average molecular weight is 187 g/mol. The van der Waals surface area contributed by atoms with E-state index in [1.807, 2.05) is 0 Å². The standard InChI is InChI=1S/C10H25N3/c1-8(2)5-6-12-13-7-10(11)9(3)4/h8-10,12-13H,5-7,11H2,1-4H3. The first kappa shape index (κ1) is 12.9. The smallest absolute Gasteiger partial charge is 0.0254 e. The highest BCUT2D eigenvalue weighted by molar-refractivity contribution is 4.66. The third-order valence-corrected chi connectivity index (χ3v) is 2.17. The van der Waals surface area contributed by atoms with Crippen LogP contribution in [0.15, 0.2) is 0 Å². The van der Waals surface area contributed by atoms with Crippen LogP contribution in [0, 0.1) is 11.8 Å². The molecule has 1 unspecified atom stereocenters. The third-order valence-electron chi connectivity index (χ3n) is 2.17. The van der Waals surface area contributed by atoms with E-state index in [2.05, 4.69) is 38.5 Å². The Kier molecular flexibility index (Phi) is 7.23. The first-order valence-electron chi connectivity index (χ1n) is 5.25. The van der Waals surface area contributed by atoms with Crippen molar-refractivity contribution >= 4 is 0 Å². The molecule has 0 aliphatic carbocycles. The Morgan fingerprint density at radius 1 is 1.08 bits per heavy atom. The Labute approximate surface area is 82.4 Å². The second kappa shape index (κ2) is 7.30. The summed E-state index contributed by atoms with van der Waals surface area (Å²) in [6, 6.07) is 0.242. The van der Waals surface area contributed by atoms with Gasteiger partial charge in [-0.15, -0.1) is 0 Å². The van der Waals surface area contributed by atoms with E-state index in [1.54, 1.807) is 0 Å². The van der Waals surface area contributed by atoms with Crippen LogP contribution in [0.1, 0.15) is 34.1 Å². The van der Waals surface area contributed by atoms with E-state index in [9.17, 15) is 0 Å². The van der Waals surface area contributed by atoms with Gasteiger partial charge in [-0.3, -0.25) is 10.9 Å². The Hall–Kier alpha value is -0.120. The van der Waals surface area contributed by atoms with Crippen molar-refractivity contribution in [1.29, 1.82) is 0 Å². The maximum atomic E-state index is 5.86. The lowest BCUT2D eigenvalue weighted by molar-refractivity contribution is 0.408. The Morgan fingerprint density at radius 3 is 2.15 bits per heavy atom. The number of nitrogens with two attached hydrogens (primary N) is 1. The molecular weight excluding hydrogens is 162 g/mol. The molecule has 0 amide bonds. The molecule has 0 aliphatic rings. The predicted octanol–water partition coefficient (Wildman–Crippen LogP) is 1.11. The molecule has 0 heterocycles. The summed E-state index contributed by atoms with van der Waals surface area (Å²) in [6.45, 7) is 10.6. The van der Waals surface area contributed by atoms with Gasteiger partial charge >= 0.3 is 0 Å². The monoisotopic (exact) mass is 187 g/mol. The minimum absolute atomic E-state index is 0.242. The fourth-order valence-corrected chi connectivity index (χ4v) is 0.875. The van der Waals surface area contributed by atoms with Crippen molar-refractivity contribution in [2.24, 2.45) is 17.6 Å². The molecule has 0 aromatic carbocycles. The minimum Gasteiger partial charge on any atom is -0.326 e. The molecule has 13 heavy (non-hydrogen) atoms. The lowest BCUT2D eigenvalue weighted by Crippen LogP contribution is -2.44. The Morgan fingerprint density at radius 2 is 1.69 bits per heavy atom. The Bertz CT molecular complexity index is 113. The van der Waals surface area contributed by atoms with E-state index < -0.39 is 0 Å². The highest BCUT2D eigenvalue weighted by Gasteiger charge is 2.05. The van der Waals surface area contributed by atoms with Gasteiger partial charge in [0, 0.05) is 19.1 Å². The zero-order valence-electron chi connectivity index (χ0n) is 9.43. The summed E-state index contributed by atoms with van der Waals surface area (Å²) >= 11 is 0. The second-order valence-electron chi connectivity index (χ2n) is 4.40. The van der Waals surface area contributed by atoms with Crippen LogP contribution in [0.4, 0.5) is 0 Å². The molecule has 0 saturated heterocycles. The summed E-state index contributed by atoms with van der Waals surface area (Å²) < 4.78 is 0. The summed E-state index contributed by atoms with van der Waals surface area (Å²) in [5.74, 6) is 1.30. The summed E-state index contributed by atoms with van der Waals surface area (Å²) in [4.78, 5) is 0. The van der Waals surface area contributed by atoms with Crippen molar-refractivity contribution in [2.45, 2.75) is 40.2 Å². The lowest BCUT2D eigenvalue weighted by Gasteiger charge is -2.16. The first-order chi connectivity index (χ1) is 6.04. The Balaban J connectivity index is 3.16. The van der Waals surface area contributed by atoms with Crippen LogP contribution in [0.3, 0.4) is 0 Å². The largest absolute Gasteiger partial charge is 0.326 e. The van der Waals surface area contributed by atoms with Crippen molar-refractivity contribution in [3.8, 4) is 0 Å². The molecule has 4 N–H and O–H groups in total. The molecule has 0 saturated carbocycles. The van der Waals surface area contributed by atoms with Gasteiger partial charge in [0.15, 0.2) is 0 Å². The maximum Gasteiger partial charge on any atom is 0.0254 e.